The molecule has 0 saturated heterocycles. The highest BCUT2D eigenvalue weighted by molar-refractivity contribution is 5.34. The summed E-state index contributed by atoms with van der Waals surface area (Å²) in [5.41, 5.74) is 0. The molecule has 2 nitrogen and oxygen atoms in total. The lowest BCUT2D eigenvalue weighted by atomic mass is 9.68. The van der Waals surface area contributed by atoms with E-state index in [0.717, 1.165) is 18.8 Å². The number of phenols is 1. The number of ether oxygens (including phenoxy) is 1. The maximum Gasteiger partial charge on any atom is 0.400 e. The first kappa shape index (κ1) is 21.3. The maximum absolute atomic E-state index is 14.5. The van der Waals surface area contributed by atoms with Crippen molar-refractivity contribution in [3.05, 3.63) is 23.8 Å². The summed E-state index contributed by atoms with van der Waals surface area (Å²) in [6.45, 7) is 2.22. The van der Waals surface area contributed by atoms with E-state index in [2.05, 4.69) is 11.7 Å². The number of rotatable bonds is 6. The number of benzene rings is 1. The van der Waals surface area contributed by atoms with Crippen molar-refractivity contribution >= 4 is 0 Å². The highest BCUT2D eigenvalue weighted by Crippen LogP contribution is 2.46. The van der Waals surface area contributed by atoms with E-state index >= 15 is 0 Å². The predicted molar refractivity (Wildman–Crippen MR) is 99.4 cm³/mol. The third-order valence-corrected chi connectivity index (χ3v) is 6.75. The first-order valence-electron chi connectivity index (χ1n) is 10.5. The molecule has 3 rings (SSSR count). The van der Waals surface area contributed by atoms with E-state index in [0.29, 0.717) is 36.8 Å². The molecule has 0 heterocycles. The second-order valence-corrected chi connectivity index (χ2v) is 8.58. The molecule has 0 spiro atoms. The standard InChI is InChI=1S/C22H30F4O2/c1-2-3-14-4-6-15(7-5-14)16-8-10-17(11-9-16)22(25,26)28-18-12-19(23)21(27)20(24)13-18/h12-17,27H,2-11H2,1H3. The van der Waals surface area contributed by atoms with Crippen molar-refractivity contribution in [2.45, 2.75) is 77.2 Å². The van der Waals surface area contributed by atoms with Crippen LogP contribution in [0, 0.1) is 35.3 Å². The quantitative estimate of drug-likeness (QED) is 0.516. The number of hydrogen-bond donors (Lipinski definition) is 1. The van der Waals surface area contributed by atoms with Crippen LogP contribution in [0.1, 0.15) is 71.1 Å². The molecule has 2 fully saturated rings. The Morgan fingerprint density at radius 2 is 1.43 bits per heavy atom. The van der Waals surface area contributed by atoms with Crippen molar-refractivity contribution in [2.75, 3.05) is 0 Å². The maximum atomic E-state index is 14.5. The van der Waals surface area contributed by atoms with Gasteiger partial charge in [-0.15, -0.1) is 0 Å². The lowest BCUT2D eigenvalue weighted by Crippen LogP contribution is -2.38. The number of alkyl halides is 2. The molecule has 1 N–H and O–H groups in total. The Bertz CT molecular complexity index is 625. The van der Waals surface area contributed by atoms with Crippen LogP contribution in [0.15, 0.2) is 12.1 Å². The van der Waals surface area contributed by atoms with Crippen LogP contribution >= 0.6 is 0 Å². The molecular formula is C22H30F4O2. The SMILES string of the molecule is CCCC1CCC(C2CCC(C(F)(F)Oc3cc(F)c(O)c(F)c3)CC2)CC1. The summed E-state index contributed by atoms with van der Waals surface area (Å²) in [5.74, 6) is -3.40. The molecule has 2 aliphatic rings. The molecular weight excluding hydrogens is 372 g/mol. The van der Waals surface area contributed by atoms with Crippen LogP contribution in [0.4, 0.5) is 17.6 Å². The van der Waals surface area contributed by atoms with Gasteiger partial charge >= 0.3 is 6.11 Å². The summed E-state index contributed by atoms with van der Waals surface area (Å²) in [6.07, 6.45) is 6.19. The molecule has 0 aliphatic heterocycles. The van der Waals surface area contributed by atoms with Crippen LogP contribution in [0.2, 0.25) is 0 Å². The van der Waals surface area contributed by atoms with Crippen LogP contribution < -0.4 is 4.74 Å². The first-order chi connectivity index (χ1) is 13.3. The Balaban J connectivity index is 1.52. The second kappa shape index (κ2) is 8.91. The van der Waals surface area contributed by atoms with Crippen molar-refractivity contribution in [3.8, 4) is 11.5 Å². The van der Waals surface area contributed by atoms with Gasteiger partial charge in [-0.1, -0.05) is 32.6 Å². The largest absolute Gasteiger partial charge is 0.503 e. The van der Waals surface area contributed by atoms with Crippen molar-refractivity contribution in [1.82, 2.24) is 0 Å². The third kappa shape index (κ3) is 4.93. The van der Waals surface area contributed by atoms with Crippen molar-refractivity contribution in [2.24, 2.45) is 23.7 Å². The lowest BCUT2D eigenvalue weighted by molar-refractivity contribution is -0.224. The van der Waals surface area contributed by atoms with Gasteiger partial charge in [0.1, 0.15) is 5.75 Å². The van der Waals surface area contributed by atoms with E-state index < -0.39 is 35.2 Å². The molecule has 158 valence electrons. The van der Waals surface area contributed by atoms with Crippen LogP contribution in [-0.4, -0.2) is 11.2 Å². The molecule has 28 heavy (non-hydrogen) atoms. The molecule has 0 bridgehead atoms. The molecule has 6 heteroatoms. The van der Waals surface area contributed by atoms with E-state index in [1.807, 2.05) is 0 Å². The third-order valence-electron chi connectivity index (χ3n) is 6.75. The Morgan fingerprint density at radius 3 is 1.93 bits per heavy atom. The van der Waals surface area contributed by atoms with Gasteiger partial charge < -0.3 is 9.84 Å². The zero-order valence-electron chi connectivity index (χ0n) is 16.4. The normalized spacial score (nSPS) is 28.9. The molecule has 1 aromatic rings. The van der Waals surface area contributed by atoms with Gasteiger partial charge in [0.05, 0.1) is 5.92 Å². The van der Waals surface area contributed by atoms with Gasteiger partial charge in [0.2, 0.25) is 0 Å². The molecule has 0 aromatic heterocycles. The van der Waals surface area contributed by atoms with Gasteiger partial charge in [0.25, 0.3) is 0 Å². The van der Waals surface area contributed by atoms with E-state index in [1.54, 1.807) is 0 Å². The van der Waals surface area contributed by atoms with Gasteiger partial charge in [-0.25, -0.2) is 8.78 Å². The number of hydrogen-bond acceptors (Lipinski definition) is 2. The minimum absolute atomic E-state index is 0.357. The minimum Gasteiger partial charge on any atom is -0.503 e. The summed E-state index contributed by atoms with van der Waals surface area (Å²) in [7, 11) is 0. The average Bonchev–Trinajstić information content (AvgIpc) is 2.67. The molecule has 1 aromatic carbocycles. The monoisotopic (exact) mass is 402 g/mol. The van der Waals surface area contributed by atoms with Crippen LogP contribution in [-0.2, 0) is 0 Å². The van der Waals surface area contributed by atoms with E-state index in [1.165, 1.54) is 38.5 Å². The van der Waals surface area contributed by atoms with Crippen LogP contribution in [0.3, 0.4) is 0 Å². The zero-order valence-corrected chi connectivity index (χ0v) is 16.4. The molecule has 0 radical (unpaired) electrons. The summed E-state index contributed by atoms with van der Waals surface area (Å²) >= 11 is 0. The Morgan fingerprint density at radius 1 is 0.929 bits per heavy atom. The van der Waals surface area contributed by atoms with E-state index in [9.17, 15) is 17.6 Å². The molecule has 2 aliphatic carbocycles. The molecule has 2 saturated carbocycles. The van der Waals surface area contributed by atoms with E-state index in [4.69, 9.17) is 5.11 Å². The molecule has 0 unspecified atom stereocenters. The lowest BCUT2D eigenvalue weighted by Gasteiger charge is -2.39. The highest BCUT2D eigenvalue weighted by atomic mass is 19.3. The van der Waals surface area contributed by atoms with Crippen LogP contribution in [0.25, 0.3) is 0 Å². The van der Waals surface area contributed by atoms with Crippen molar-refractivity contribution in [3.63, 3.8) is 0 Å². The van der Waals surface area contributed by atoms with Crippen molar-refractivity contribution in [1.29, 1.82) is 0 Å². The van der Waals surface area contributed by atoms with Gasteiger partial charge in [-0.3, -0.25) is 0 Å². The predicted octanol–water partition coefficient (Wildman–Crippen LogP) is 7.05. The van der Waals surface area contributed by atoms with Gasteiger partial charge in [-0.2, -0.15) is 8.78 Å². The Labute approximate surface area is 164 Å². The summed E-state index contributed by atoms with van der Waals surface area (Å²) in [6, 6.07) is 1.18. The van der Waals surface area contributed by atoms with Crippen molar-refractivity contribution < 1.29 is 27.4 Å². The van der Waals surface area contributed by atoms with E-state index in [-0.39, 0.29) is 0 Å². The number of halogens is 4. The molecule has 0 amide bonds. The zero-order chi connectivity index (χ0) is 20.3. The van der Waals surface area contributed by atoms with Gasteiger partial charge in [0, 0.05) is 12.1 Å². The topological polar surface area (TPSA) is 29.5 Å². The summed E-state index contributed by atoms with van der Waals surface area (Å²) in [5, 5.41) is 9.08. The Hall–Kier alpha value is -1.46. The second-order valence-electron chi connectivity index (χ2n) is 8.58. The number of aromatic hydroxyl groups is 1. The number of phenolic OH excluding ortho intramolecular Hbond substituents is 1. The summed E-state index contributed by atoms with van der Waals surface area (Å²) in [4.78, 5) is 0. The van der Waals surface area contributed by atoms with Crippen LogP contribution in [0.5, 0.6) is 11.5 Å². The molecule has 0 atom stereocenters. The highest BCUT2D eigenvalue weighted by Gasteiger charge is 2.45. The smallest absolute Gasteiger partial charge is 0.400 e. The average molecular weight is 402 g/mol. The fourth-order valence-electron chi connectivity index (χ4n) is 5.12. The van der Waals surface area contributed by atoms with Gasteiger partial charge in [-0.05, 0) is 56.3 Å². The summed E-state index contributed by atoms with van der Waals surface area (Å²) < 4.78 is 60.5. The Kier molecular flexibility index (Phi) is 6.77. The minimum atomic E-state index is -3.49. The fourth-order valence-corrected chi connectivity index (χ4v) is 5.12. The first-order valence-corrected chi connectivity index (χ1v) is 10.5. The van der Waals surface area contributed by atoms with Gasteiger partial charge in [0.15, 0.2) is 17.4 Å². The fraction of sp³-hybridized carbons (Fsp3) is 0.727.